The van der Waals surface area contributed by atoms with E-state index in [1.54, 1.807) is 36.2 Å². The van der Waals surface area contributed by atoms with Gasteiger partial charge in [-0.15, -0.1) is 0 Å². The Bertz CT molecular complexity index is 876. The van der Waals surface area contributed by atoms with E-state index in [9.17, 15) is 9.59 Å². The lowest BCUT2D eigenvalue weighted by atomic mass is 10.1. The molecule has 2 amide bonds. The summed E-state index contributed by atoms with van der Waals surface area (Å²) in [6, 6.07) is 12.8. The van der Waals surface area contributed by atoms with Crippen LogP contribution in [0.4, 0.5) is 11.4 Å². The molecule has 0 radical (unpaired) electrons. The summed E-state index contributed by atoms with van der Waals surface area (Å²) in [6.45, 7) is 6.10. The second-order valence-electron chi connectivity index (χ2n) is 6.73. The summed E-state index contributed by atoms with van der Waals surface area (Å²) in [6.07, 6.45) is 0. The van der Waals surface area contributed by atoms with Crippen LogP contribution < -0.4 is 10.6 Å². The van der Waals surface area contributed by atoms with Crippen LogP contribution in [0.2, 0.25) is 0 Å². The Kier molecular flexibility index (Phi) is 6.69. The van der Waals surface area contributed by atoms with Crippen molar-refractivity contribution in [2.45, 2.75) is 20.8 Å². The first-order valence-electron chi connectivity index (χ1n) is 8.64. The topological polar surface area (TPSA) is 85.2 Å². The van der Waals surface area contributed by atoms with Crippen LogP contribution in [0, 0.1) is 32.1 Å². The SMILES string of the molecule is Cc1cc(C)c(NC(=O)CN(C)CC(=O)Nc2cccc(C#N)c2)c(C)c1. The fraction of sp³-hybridized carbons (Fsp3) is 0.286. The van der Waals surface area contributed by atoms with Gasteiger partial charge < -0.3 is 10.6 Å². The first-order valence-corrected chi connectivity index (χ1v) is 8.64. The molecule has 0 spiro atoms. The van der Waals surface area contributed by atoms with Crippen LogP contribution in [0.15, 0.2) is 36.4 Å². The molecule has 0 saturated carbocycles. The average molecular weight is 364 g/mol. The number of rotatable bonds is 6. The van der Waals surface area contributed by atoms with Gasteiger partial charge in [0, 0.05) is 11.4 Å². The van der Waals surface area contributed by atoms with Crippen LogP contribution in [-0.4, -0.2) is 36.9 Å². The van der Waals surface area contributed by atoms with E-state index >= 15 is 0 Å². The maximum atomic E-state index is 12.3. The third-order valence-electron chi connectivity index (χ3n) is 4.04. The van der Waals surface area contributed by atoms with Crippen molar-refractivity contribution in [1.29, 1.82) is 5.26 Å². The summed E-state index contributed by atoms with van der Waals surface area (Å²) in [5, 5.41) is 14.6. The number of benzene rings is 2. The number of likely N-dealkylation sites (N-methyl/N-ethyl adjacent to an activating group) is 1. The number of hydrogen-bond acceptors (Lipinski definition) is 4. The molecular weight excluding hydrogens is 340 g/mol. The van der Waals surface area contributed by atoms with E-state index in [4.69, 9.17) is 5.26 Å². The summed E-state index contributed by atoms with van der Waals surface area (Å²) in [7, 11) is 1.71. The predicted molar refractivity (Wildman–Crippen MR) is 107 cm³/mol. The molecule has 27 heavy (non-hydrogen) atoms. The van der Waals surface area contributed by atoms with E-state index in [1.807, 2.05) is 39.0 Å². The third kappa shape index (κ3) is 5.94. The minimum absolute atomic E-state index is 0.0655. The molecule has 0 unspecified atom stereocenters. The van der Waals surface area contributed by atoms with E-state index in [-0.39, 0.29) is 24.9 Å². The summed E-state index contributed by atoms with van der Waals surface area (Å²) < 4.78 is 0. The second-order valence-corrected chi connectivity index (χ2v) is 6.73. The molecule has 0 aliphatic rings. The highest BCUT2D eigenvalue weighted by molar-refractivity contribution is 5.95. The molecular formula is C21H24N4O2. The zero-order valence-corrected chi connectivity index (χ0v) is 16.1. The molecule has 6 nitrogen and oxygen atoms in total. The summed E-state index contributed by atoms with van der Waals surface area (Å²) in [5.41, 5.74) is 5.03. The number of nitriles is 1. The highest BCUT2D eigenvalue weighted by atomic mass is 16.2. The average Bonchev–Trinajstić information content (AvgIpc) is 2.57. The van der Waals surface area contributed by atoms with Gasteiger partial charge in [0.1, 0.15) is 0 Å². The number of anilines is 2. The fourth-order valence-electron chi connectivity index (χ4n) is 2.97. The van der Waals surface area contributed by atoms with Crippen molar-refractivity contribution in [3.8, 4) is 6.07 Å². The van der Waals surface area contributed by atoms with Gasteiger partial charge in [0.2, 0.25) is 11.8 Å². The van der Waals surface area contributed by atoms with Crippen molar-refractivity contribution >= 4 is 23.2 Å². The standard InChI is InChI=1S/C21H24N4O2/c1-14-8-15(2)21(16(3)9-14)24-20(27)13-25(4)12-19(26)23-18-7-5-6-17(10-18)11-22/h5-10H,12-13H2,1-4H3,(H,23,26)(H,24,27). The lowest BCUT2D eigenvalue weighted by molar-refractivity contribution is -0.119. The third-order valence-corrected chi connectivity index (χ3v) is 4.04. The molecule has 2 aromatic carbocycles. The van der Waals surface area contributed by atoms with Gasteiger partial charge in [-0.1, -0.05) is 23.8 Å². The molecule has 0 heterocycles. The van der Waals surface area contributed by atoms with E-state index in [0.29, 0.717) is 11.3 Å². The van der Waals surface area contributed by atoms with Crippen LogP contribution in [0.25, 0.3) is 0 Å². The number of aryl methyl sites for hydroxylation is 3. The largest absolute Gasteiger partial charge is 0.325 e. The van der Waals surface area contributed by atoms with Gasteiger partial charge in [0.25, 0.3) is 0 Å². The van der Waals surface area contributed by atoms with Gasteiger partial charge in [-0.25, -0.2) is 0 Å². The molecule has 0 atom stereocenters. The number of carbonyl (C=O) groups excluding carboxylic acids is 2. The molecule has 0 fully saturated rings. The van der Waals surface area contributed by atoms with Crippen LogP contribution >= 0.6 is 0 Å². The predicted octanol–water partition coefficient (Wildman–Crippen LogP) is 2.99. The molecule has 0 aliphatic heterocycles. The van der Waals surface area contributed by atoms with Crippen LogP contribution in [0.5, 0.6) is 0 Å². The number of nitrogens with one attached hydrogen (secondary N) is 2. The molecule has 140 valence electrons. The van der Waals surface area contributed by atoms with Gasteiger partial charge >= 0.3 is 0 Å². The van der Waals surface area contributed by atoms with Crippen LogP contribution in [-0.2, 0) is 9.59 Å². The fourth-order valence-corrected chi connectivity index (χ4v) is 2.97. The molecule has 0 aliphatic carbocycles. The Morgan fingerprint density at radius 2 is 1.59 bits per heavy atom. The minimum atomic E-state index is -0.247. The van der Waals surface area contributed by atoms with Crippen LogP contribution in [0.1, 0.15) is 22.3 Å². The first-order chi connectivity index (χ1) is 12.8. The van der Waals surface area contributed by atoms with Crippen molar-refractivity contribution in [2.75, 3.05) is 30.8 Å². The molecule has 2 rings (SSSR count). The summed E-state index contributed by atoms with van der Waals surface area (Å²) in [4.78, 5) is 26.1. The second kappa shape index (κ2) is 8.97. The molecule has 0 aromatic heterocycles. The number of carbonyl (C=O) groups is 2. The monoisotopic (exact) mass is 364 g/mol. The molecule has 0 saturated heterocycles. The number of nitrogens with zero attached hydrogens (tertiary/aromatic N) is 2. The molecule has 6 heteroatoms. The van der Waals surface area contributed by atoms with Gasteiger partial charge in [0.15, 0.2) is 0 Å². The van der Waals surface area contributed by atoms with Crippen molar-refractivity contribution in [2.24, 2.45) is 0 Å². The lowest BCUT2D eigenvalue weighted by Gasteiger charge is -2.18. The maximum Gasteiger partial charge on any atom is 0.238 e. The van der Waals surface area contributed by atoms with Crippen LogP contribution in [0.3, 0.4) is 0 Å². The van der Waals surface area contributed by atoms with Gasteiger partial charge in [-0.05, 0) is 57.1 Å². The Hall–Kier alpha value is -3.17. The van der Waals surface area contributed by atoms with Gasteiger partial charge in [-0.3, -0.25) is 14.5 Å². The molecule has 2 aromatic rings. The van der Waals surface area contributed by atoms with Gasteiger partial charge in [-0.2, -0.15) is 5.26 Å². The normalized spacial score (nSPS) is 10.4. The quantitative estimate of drug-likeness (QED) is 0.825. The van der Waals surface area contributed by atoms with E-state index < -0.39 is 0 Å². The summed E-state index contributed by atoms with van der Waals surface area (Å²) >= 11 is 0. The number of hydrogen-bond donors (Lipinski definition) is 2. The zero-order chi connectivity index (χ0) is 20.0. The first kappa shape index (κ1) is 20.1. The van der Waals surface area contributed by atoms with Crippen molar-refractivity contribution in [3.05, 3.63) is 58.7 Å². The minimum Gasteiger partial charge on any atom is -0.325 e. The Balaban J connectivity index is 1.89. The van der Waals surface area contributed by atoms with E-state index in [0.717, 1.165) is 22.4 Å². The highest BCUT2D eigenvalue weighted by Gasteiger charge is 2.13. The molecule has 2 N–H and O–H groups in total. The van der Waals surface area contributed by atoms with Crippen molar-refractivity contribution in [3.63, 3.8) is 0 Å². The van der Waals surface area contributed by atoms with Gasteiger partial charge in [0.05, 0.1) is 24.7 Å². The zero-order valence-electron chi connectivity index (χ0n) is 16.1. The van der Waals surface area contributed by atoms with E-state index in [2.05, 4.69) is 10.6 Å². The molecule has 0 bridgehead atoms. The van der Waals surface area contributed by atoms with Crippen molar-refractivity contribution < 1.29 is 9.59 Å². The maximum absolute atomic E-state index is 12.3. The highest BCUT2D eigenvalue weighted by Crippen LogP contribution is 2.21. The Labute approximate surface area is 159 Å². The van der Waals surface area contributed by atoms with Crippen molar-refractivity contribution in [1.82, 2.24) is 4.90 Å². The lowest BCUT2D eigenvalue weighted by Crippen LogP contribution is -2.36. The van der Waals surface area contributed by atoms with E-state index in [1.165, 1.54) is 0 Å². The number of amides is 2. The smallest absolute Gasteiger partial charge is 0.238 e. The Morgan fingerprint density at radius 1 is 1.00 bits per heavy atom. The summed E-state index contributed by atoms with van der Waals surface area (Å²) in [5.74, 6) is -0.421. The Morgan fingerprint density at radius 3 is 2.19 bits per heavy atom.